The zero-order chi connectivity index (χ0) is 24.2. The van der Waals surface area contributed by atoms with Gasteiger partial charge >= 0.3 is 5.97 Å². The quantitative estimate of drug-likeness (QED) is 0.396. The van der Waals surface area contributed by atoms with Crippen LogP contribution in [0.1, 0.15) is 61.5 Å². The molecular weight excluding hydrogens is 444 g/mol. The van der Waals surface area contributed by atoms with Gasteiger partial charge in [-0.25, -0.2) is 13.1 Å². The number of aliphatic carboxylic acids is 1. The lowest BCUT2D eigenvalue weighted by molar-refractivity contribution is -0.159. The molecule has 1 saturated heterocycles. The molecule has 0 amide bonds. The third-order valence-corrected chi connectivity index (χ3v) is 7.70. The Hall–Kier alpha value is -2.22. The Kier molecular flexibility index (Phi) is 7.98. The molecule has 1 aliphatic carbocycles. The van der Waals surface area contributed by atoms with E-state index in [0.29, 0.717) is 0 Å². The van der Waals surface area contributed by atoms with Gasteiger partial charge in [-0.3, -0.25) is 4.79 Å². The van der Waals surface area contributed by atoms with Gasteiger partial charge in [-0.1, -0.05) is 62.2 Å². The van der Waals surface area contributed by atoms with Crippen molar-refractivity contribution in [3.05, 3.63) is 83.4 Å². The number of nitrogens with zero attached hydrogens (tertiary/aromatic N) is 1. The average molecular weight is 476 g/mol. The molecular formula is C26H31F2NO3S. The number of hydrogen-bond acceptors (Lipinski definition) is 4. The lowest BCUT2D eigenvalue weighted by atomic mass is 9.56. The topological polar surface area (TPSA) is 60.8 Å². The number of benzene rings is 2. The maximum Gasteiger partial charge on any atom is 0.314 e. The highest BCUT2D eigenvalue weighted by molar-refractivity contribution is 7.97. The maximum absolute atomic E-state index is 15.0. The van der Waals surface area contributed by atoms with E-state index in [1.54, 1.807) is 11.9 Å². The predicted molar refractivity (Wildman–Crippen MR) is 128 cm³/mol. The maximum atomic E-state index is 15.0. The van der Waals surface area contributed by atoms with Gasteiger partial charge in [-0.05, 0) is 30.5 Å². The standard InChI is InChI=1S/C24H25F2NO3S.C2H6/c1-2-23(30)14-24(15-23,22(28)29)18-12-19(25)17(11-20(18)26)13-27-10-6-9-21(31-27)16-7-4-3-5-8-16;1-2/h2-5,7-8,11-12,21,30H,1,6,9-10,13-15H2,(H,28,29);1-2H3. The van der Waals surface area contributed by atoms with Crippen LogP contribution in [0.5, 0.6) is 0 Å². The molecule has 0 radical (unpaired) electrons. The third kappa shape index (κ3) is 5.15. The van der Waals surface area contributed by atoms with E-state index in [1.165, 1.54) is 11.6 Å². The molecule has 1 unspecified atom stereocenters. The summed E-state index contributed by atoms with van der Waals surface area (Å²) < 4.78 is 32.0. The summed E-state index contributed by atoms with van der Waals surface area (Å²) in [6, 6.07) is 12.2. The molecule has 2 fully saturated rings. The molecule has 2 aromatic rings. The second-order valence-corrected chi connectivity index (χ2v) is 9.78. The average Bonchev–Trinajstić information content (AvgIpc) is 2.81. The number of carboxylic acid groups (broad SMARTS) is 1. The van der Waals surface area contributed by atoms with Gasteiger partial charge in [0.1, 0.15) is 17.0 Å². The van der Waals surface area contributed by atoms with E-state index in [9.17, 15) is 23.8 Å². The fourth-order valence-corrected chi connectivity index (χ4v) is 5.97. The summed E-state index contributed by atoms with van der Waals surface area (Å²) in [6.07, 6.45) is 2.78. The molecule has 0 bridgehead atoms. The minimum Gasteiger partial charge on any atom is -0.481 e. The number of rotatable bonds is 6. The van der Waals surface area contributed by atoms with E-state index in [-0.39, 0.29) is 35.8 Å². The first-order valence-electron chi connectivity index (χ1n) is 11.3. The highest BCUT2D eigenvalue weighted by atomic mass is 32.2. The molecule has 0 aromatic heterocycles. The molecule has 178 valence electrons. The zero-order valence-electron chi connectivity index (χ0n) is 19.1. The fraction of sp³-hybridized carbons (Fsp3) is 0.423. The molecule has 7 heteroatoms. The van der Waals surface area contributed by atoms with E-state index in [4.69, 9.17) is 0 Å². The van der Waals surface area contributed by atoms with Crippen LogP contribution in [-0.4, -0.2) is 32.6 Å². The summed E-state index contributed by atoms with van der Waals surface area (Å²) in [6.45, 7) is 8.50. The number of carboxylic acids is 1. The van der Waals surface area contributed by atoms with Crippen molar-refractivity contribution in [2.45, 2.75) is 62.3 Å². The Morgan fingerprint density at radius 2 is 1.88 bits per heavy atom. The Bertz CT molecular complexity index is 993. The molecule has 2 aromatic carbocycles. The van der Waals surface area contributed by atoms with Gasteiger partial charge in [0.2, 0.25) is 0 Å². The van der Waals surface area contributed by atoms with E-state index >= 15 is 0 Å². The van der Waals surface area contributed by atoms with Gasteiger partial charge < -0.3 is 10.2 Å². The van der Waals surface area contributed by atoms with Crippen LogP contribution < -0.4 is 0 Å². The van der Waals surface area contributed by atoms with Crippen molar-refractivity contribution in [3.8, 4) is 0 Å². The lowest BCUT2D eigenvalue weighted by Gasteiger charge is -2.49. The fourth-order valence-electron chi connectivity index (χ4n) is 4.61. The predicted octanol–water partition coefficient (Wildman–Crippen LogP) is 6.01. The Balaban J connectivity index is 0.00000149. The molecule has 4 rings (SSSR count). The van der Waals surface area contributed by atoms with Crippen LogP contribution in [0.25, 0.3) is 0 Å². The summed E-state index contributed by atoms with van der Waals surface area (Å²) in [5, 5.41) is 20.2. The molecule has 1 atom stereocenters. The Morgan fingerprint density at radius 3 is 2.48 bits per heavy atom. The van der Waals surface area contributed by atoms with Crippen molar-refractivity contribution in [2.24, 2.45) is 0 Å². The third-order valence-electron chi connectivity index (χ3n) is 6.32. The summed E-state index contributed by atoms with van der Waals surface area (Å²) in [7, 11) is 0. The Morgan fingerprint density at radius 1 is 1.21 bits per heavy atom. The Labute approximate surface area is 198 Å². The van der Waals surface area contributed by atoms with Crippen LogP contribution in [0.3, 0.4) is 0 Å². The molecule has 4 nitrogen and oxygen atoms in total. The summed E-state index contributed by atoms with van der Waals surface area (Å²) in [5.41, 5.74) is -1.84. The van der Waals surface area contributed by atoms with E-state index < -0.39 is 28.6 Å². The van der Waals surface area contributed by atoms with Gasteiger partial charge in [-0.2, -0.15) is 0 Å². The van der Waals surface area contributed by atoms with Crippen LogP contribution >= 0.6 is 11.9 Å². The normalized spacial score (nSPS) is 27.1. The van der Waals surface area contributed by atoms with E-state index in [1.807, 2.05) is 36.4 Å². The van der Waals surface area contributed by atoms with Crippen LogP contribution in [0.15, 0.2) is 55.1 Å². The smallest absolute Gasteiger partial charge is 0.314 e. The van der Waals surface area contributed by atoms with Crippen LogP contribution in [0.2, 0.25) is 0 Å². The SMILES string of the molecule is C=CC1(O)CC(C(=O)O)(c2cc(F)c(CN3CCCC(c4ccccc4)S3)cc2F)C1.CC. The molecule has 1 saturated carbocycles. The van der Waals surface area contributed by atoms with Crippen molar-refractivity contribution < 1.29 is 23.8 Å². The highest BCUT2D eigenvalue weighted by Crippen LogP contribution is 2.52. The van der Waals surface area contributed by atoms with Crippen molar-refractivity contribution in [2.75, 3.05) is 6.54 Å². The number of halogens is 2. The first kappa shape index (κ1) is 25.4. The zero-order valence-corrected chi connectivity index (χ0v) is 19.9. The minimum atomic E-state index is -1.65. The summed E-state index contributed by atoms with van der Waals surface area (Å²) in [5.74, 6) is -2.66. The number of aliphatic hydroxyl groups is 1. The van der Waals surface area contributed by atoms with Crippen molar-refractivity contribution >= 4 is 17.9 Å². The largest absolute Gasteiger partial charge is 0.481 e. The molecule has 1 heterocycles. The first-order valence-corrected chi connectivity index (χ1v) is 12.1. The van der Waals surface area contributed by atoms with Crippen LogP contribution in [0.4, 0.5) is 8.78 Å². The lowest BCUT2D eigenvalue weighted by Crippen LogP contribution is -2.58. The molecule has 0 spiro atoms. The van der Waals surface area contributed by atoms with Gasteiger partial charge in [0.05, 0.1) is 5.60 Å². The molecule has 1 aliphatic heterocycles. The van der Waals surface area contributed by atoms with Crippen LogP contribution in [0, 0.1) is 11.6 Å². The number of hydrogen-bond donors (Lipinski definition) is 2. The second kappa shape index (κ2) is 10.4. The van der Waals surface area contributed by atoms with Gasteiger partial charge in [0.25, 0.3) is 0 Å². The molecule has 33 heavy (non-hydrogen) atoms. The summed E-state index contributed by atoms with van der Waals surface area (Å²) in [4.78, 5) is 11.9. The summed E-state index contributed by atoms with van der Waals surface area (Å²) >= 11 is 1.63. The van der Waals surface area contributed by atoms with Crippen molar-refractivity contribution in [1.29, 1.82) is 0 Å². The van der Waals surface area contributed by atoms with E-state index in [0.717, 1.165) is 31.5 Å². The van der Waals surface area contributed by atoms with Crippen LogP contribution in [-0.2, 0) is 16.8 Å². The number of carbonyl (C=O) groups is 1. The van der Waals surface area contributed by atoms with Gasteiger partial charge in [0.15, 0.2) is 0 Å². The van der Waals surface area contributed by atoms with Crippen molar-refractivity contribution in [3.63, 3.8) is 0 Å². The van der Waals surface area contributed by atoms with Gasteiger partial charge in [0, 0.05) is 42.3 Å². The second-order valence-electron chi connectivity index (χ2n) is 8.48. The monoisotopic (exact) mass is 475 g/mol. The molecule has 2 aliphatic rings. The first-order chi connectivity index (χ1) is 15.8. The minimum absolute atomic E-state index is 0.196. The van der Waals surface area contributed by atoms with Crippen molar-refractivity contribution in [1.82, 2.24) is 4.31 Å². The highest BCUT2D eigenvalue weighted by Gasteiger charge is 2.59. The van der Waals surface area contributed by atoms with E-state index in [2.05, 4.69) is 18.7 Å². The van der Waals surface area contributed by atoms with Gasteiger partial charge in [-0.15, -0.1) is 6.58 Å². The molecule has 2 N–H and O–H groups in total.